The molecule has 0 spiro atoms. The van der Waals surface area contributed by atoms with E-state index in [0.29, 0.717) is 41.0 Å². The van der Waals surface area contributed by atoms with Crippen LogP contribution in [0.4, 0.5) is 0 Å². The van der Waals surface area contributed by atoms with Gasteiger partial charge in [-0.25, -0.2) is 4.98 Å². The zero-order valence-corrected chi connectivity index (χ0v) is 30.2. The van der Waals surface area contributed by atoms with Crippen molar-refractivity contribution in [1.29, 1.82) is 0 Å². The number of oxime groups is 1. The molecule has 3 fully saturated rings. The number of hydrogen-bond acceptors (Lipinski definition) is 5. The van der Waals surface area contributed by atoms with Gasteiger partial charge in [-0.15, -0.1) is 0 Å². The zero-order chi connectivity index (χ0) is 33.6. The lowest BCUT2D eigenvalue weighted by atomic mass is 9.33. The van der Waals surface area contributed by atoms with E-state index in [0.717, 1.165) is 56.2 Å². The number of nitrogens with zero attached hydrogens (tertiary/aromatic N) is 2. The molecule has 47 heavy (non-hydrogen) atoms. The Morgan fingerprint density at radius 2 is 1.79 bits per heavy atom. The lowest BCUT2D eigenvalue weighted by molar-refractivity contribution is -0.184. The fraction of sp³-hybridized carbons (Fsp3) is 0.634. The quantitative estimate of drug-likeness (QED) is 0.0888. The van der Waals surface area contributed by atoms with Crippen LogP contribution in [0.5, 0.6) is 0 Å². The van der Waals surface area contributed by atoms with E-state index in [1.165, 1.54) is 18.2 Å². The zero-order valence-electron chi connectivity index (χ0n) is 29.4. The predicted molar refractivity (Wildman–Crippen MR) is 188 cm³/mol. The summed E-state index contributed by atoms with van der Waals surface area (Å²) in [5.74, 6) is 2.21. The highest BCUT2D eigenvalue weighted by molar-refractivity contribution is 6.31. The smallest absolute Gasteiger partial charge is 0.313 e. The number of carbonyl (C=O) groups is 1. The van der Waals surface area contributed by atoms with E-state index in [2.05, 4.69) is 65.8 Å². The molecular weight excluding hydrogens is 604 g/mol. The monoisotopic (exact) mass is 656 g/mol. The Bertz CT molecular complexity index is 1630. The van der Waals surface area contributed by atoms with Crippen LogP contribution >= 0.6 is 11.6 Å². The maximum atomic E-state index is 14.4. The summed E-state index contributed by atoms with van der Waals surface area (Å²) < 4.78 is 6.23. The van der Waals surface area contributed by atoms with Crippen molar-refractivity contribution in [2.45, 2.75) is 112 Å². The van der Waals surface area contributed by atoms with Crippen molar-refractivity contribution in [2.24, 2.45) is 56.4 Å². The minimum absolute atomic E-state index is 0.0144. The van der Waals surface area contributed by atoms with Crippen LogP contribution in [0.3, 0.4) is 0 Å². The number of benzene rings is 1. The minimum atomic E-state index is -0.447. The first kappa shape index (κ1) is 32.9. The highest BCUT2D eigenvalue weighted by Crippen LogP contribution is 2.75. The summed E-state index contributed by atoms with van der Waals surface area (Å²) in [5, 5.41) is 13.0. The molecule has 1 heterocycles. The summed E-state index contributed by atoms with van der Waals surface area (Å²) >= 11 is 6.61. The van der Waals surface area contributed by atoms with Gasteiger partial charge in [0, 0.05) is 11.0 Å². The number of rotatable bonds is 4. The van der Waals surface area contributed by atoms with Gasteiger partial charge in [-0.1, -0.05) is 107 Å². The number of fused-ring (bicyclic) bond motifs is 8. The Morgan fingerprint density at radius 3 is 2.51 bits per heavy atom. The average Bonchev–Trinajstić information content (AvgIpc) is 3.03. The summed E-state index contributed by atoms with van der Waals surface area (Å²) in [6, 6.07) is 12.2. The first-order chi connectivity index (χ1) is 22.2. The van der Waals surface area contributed by atoms with Gasteiger partial charge >= 0.3 is 5.97 Å². The molecular formula is C41H53ClN2O3. The Labute approximate surface area is 286 Å². The van der Waals surface area contributed by atoms with Gasteiger partial charge in [0.25, 0.3) is 0 Å². The maximum absolute atomic E-state index is 14.4. The van der Waals surface area contributed by atoms with E-state index in [4.69, 9.17) is 21.3 Å². The van der Waals surface area contributed by atoms with Crippen LogP contribution < -0.4 is 0 Å². The lowest BCUT2D eigenvalue weighted by Crippen LogP contribution is -2.65. The molecule has 6 heteroatoms. The first-order valence-electron chi connectivity index (χ1n) is 18.0. The van der Waals surface area contributed by atoms with Crippen molar-refractivity contribution in [1.82, 2.24) is 4.98 Å². The number of carbonyl (C=O) groups excluding carboxylic acids is 1. The van der Waals surface area contributed by atoms with Crippen molar-refractivity contribution in [3.05, 3.63) is 75.6 Å². The van der Waals surface area contributed by atoms with Gasteiger partial charge < -0.3 is 9.94 Å². The molecule has 252 valence electrons. The highest BCUT2D eigenvalue weighted by atomic mass is 35.5. The fourth-order valence-electron chi connectivity index (χ4n) is 12.5. The van der Waals surface area contributed by atoms with Crippen LogP contribution in [0, 0.1) is 51.2 Å². The van der Waals surface area contributed by atoms with Crippen molar-refractivity contribution < 1.29 is 14.7 Å². The van der Waals surface area contributed by atoms with Gasteiger partial charge in [-0.3, -0.25) is 4.79 Å². The summed E-state index contributed by atoms with van der Waals surface area (Å²) in [7, 11) is 0. The molecule has 9 atom stereocenters. The normalized spacial score (nSPS) is 40.3. The number of allylic oxidation sites excluding steroid dienone is 2. The molecule has 0 saturated heterocycles. The molecule has 7 rings (SSSR count). The number of pyridine rings is 1. The van der Waals surface area contributed by atoms with Gasteiger partial charge in [-0.05, 0) is 114 Å². The Balaban J connectivity index is 1.28. The van der Waals surface area contributed by atoms with E-state index in [1.54, 1.807) is 5.57 Å². The second kappa shape index (κ2) is 11.2. The molecule has 0 unspecified atom stereocenters. The standard InChI is InChI=1S/C41H53ClN2O3/c1-25-15-18-41(36(45)47-24-27-11-9-8-10-12-27)20-19-39(6)30(33(41)26(25)2)13-14-32-38(5)22-28-21-29(23-43-46)35(42)44-34(28)37(3,4)31(38)16-17-40(32,39)7/h8-13,21,23,25-26,31-33,46H,14-20,22,24H2,1-7H3/t25-,26+,31+,32-,33+,38+,39-,40-,41+/m1/s1. The molecule has 5 nitrogen and oxygen atoms in total. The fourth-order valence-corrected chi connectivity index (χ4v) is 12.7. The third kappa shape index (κ3) is 4.57. The molecule has 1 aromatic heterocycles. The van der Waals surface area contributed by atoms with Crippen molar-refractivity contribution in [3.8, 4) is 0 Å². The topological polar surface area (TPSA) is 71.8 Å². The van der Waals surface area contributed by atoms with Crippen LogP contribution in [0.25, 0.3) is 0 Å². The van der Waals surface area contributed by atoms with Gasteiger partial charge in [0.15, 0.2) is 0 Å². The van der Waals surface area contributed by atoms with Crippen LogP contribution in [-0.4, -0.2) is 22.4 Å². The van der Waals surface area contributed by atoms with E-state index in [-0.39, 0.29) is 33.5 Å². The third-order valence-electron chi connectivity index (χ3n) is 15.2. The highest BCUT2D eigenvalue weighted by Gasteiger charge is 2.69. The summed E-state index contributed by atoms with van der Waals surface area (Å²) in [5.41, 5.74) is 5.21. The number of esters is 1. The summed E-state index contributed by atoms with van der Waals surface area (Å²) in [6.07, 6.45) is 12.3. The maximum Gasteiger partial charge on any atom is 0.313 e. The molecule has 1 aromatic carbocycles. The number of aromatic nitrogens is 1. The number of halogens is 1. The summed E-state index contributed by atoms with van der Waals surface area (Å²) in [6.45, 7) is 17.6. The average molecular weight is 657 g/mol. The largest absolute Gasteiger partial charge is 0.460 e. The third-order valence-corrected chi connectivity index (χ3v) is 15.5. The second-order valence-corrected chi connectivity index (χ2v) is 17.7. The number of ether oxygens (including phenoxy) is 1. The van der Waals surface area contributed by atoms with Gasteiger partial charge in [-0.2, -0.15) is 0 Å². The molecule has 1 N–H and O–H groups in total. The van der Waals surface area contributed by atoms with Crippen molar-refractivity contribution in [2.75, 3.05) is 0 Å². The summed E-state index contributed by atoms with van der Waals surface area (Å²) in [4.78, 5) is 19.3. The van der Waals surface area contributed by atoms with Crippen LogP contribution in [0.2, 0.25) is 5.15 Å². The molecule has 0 amide bonds. The molecule has 3 saturated carbocycles. The van der Waals surface area contributed by atoms with Gasteiger partial charge in [0.05, 0.1) is 17.3 Å². The molecule has 0 aliphatic heterocycles. The van der Waals surface area contributed by atoms with E-state index in [9.17, 15) is 10.0 Å². The van der Waals surface area contributed by atoms with E-state index in [1.807, 2.05) is 30.3 Å². The molecule has 0 bridgehead atoms. The first-order valence-corrected chi connectivity index (χ1v) is 18.4. The van der Waals surface area contributed by atoms with Crippen molar-refractivity contribution >= 4 is 23.8 Å². The SMILES string of the molecule is C[C@H]1[C@H](C)CC[C@]2(C(=O)OCc3ccccc3)CC[C@]3(C)C(=CC[C@@H]4[C@@]5(C)Cc6cc(C=NO)c(Cl)nc6C(C)(C)[C@@H]5CC[C@]43C)[C@H]12. The van der Waals surface area contributed by atoms with E-state index >= 15 is 0 Å². The molecule has 5 aliphatic rings. The van der Waals surface area contributed by atoms with Gasteiger partial charge in [0.1, 0.15) is 11.8 Å². The van der Waals surface area contributed by atoms with Crippen LogP contribution in [0.15, 0.2) is 53.2 Å². The lowest BCUT2D eigenvalue weighted by Gasteiger charge is -2.71. The van der Waals surface area contributed by atoms with E-state index < -0.39 is 5.41 Å². The Morgan fingerprint density at radius 1 is 1.04 bits per heavy atom. The molecule has 0 radical (unpaired) electrons. The Hall–Kier alpha value is -2.66. The van der Waals surface area contributed by atoms with Crippen LogP contribution in [0.1, 0.15) is 116 Å². The molecule has 5 aliphatic carbocycles. The predicted octanol–water partition coefficient (Wildman–Crippen LogP) is 9.96. The van der Waals surface area contributed by atoms with Crippen LogP contribution in [-0.2, 0) is 28.0 Å². The van der Waals surface area contributed by atoms with Crippen molar-refractivity contribution in [3.63, 3.8) is 0 Å². The molecule has 2 aromatic rings. The second-order valence-electron chi connectivity index (χ2n) is 17.4. The Kier molecular flexibility index (Phi) is 7.82. The number of hydrogen-bond donors (Lipinski definition) is 1. The van der Waals surface area contributed by atoms with Gasteiger partial charge in [0.2, 0.25) is 0 Å². The minimum Gasteiger partial charge on any atom is -0.460 e.